The zero-order valence-electron chi connectivity index (χ0n) is 12.0. The summed E-state index contributed by atoms with van der Waals surface area (Å²) in [6, 6.07) is 4.95. The maximum atomic E-state index is 4.77. The third-order valence-electron chi connectivity index (χ3n) is 3.32. The van der Waals surface area contributed by atoms with Crippen molar-refractivity contribution in [2.45, 2.75) is 40.2 Å². The van der Waals surface area contributed by atoms with Gasteiger partial charge in [-0.15, -0.1) is 0 Å². The lowest BCUT2D eigenvalue weighted by atomic mass is 10.1. The largest absolute Gasteiger partial charge is 0.331 e. The zero-order chi connectivity index (χ0) is 13.3. The minimum absolute atomic E-state index is 0.531. The van der Waals surface area contributed by atoms with Gasteiger partial charge in [-0.3, -0.25) is 0 Å². The van der Waals surface area contributed by atoms with Gasteiger partial charge in [-0.2, -0.15) is 0 Å². The van der Waals surface area contributed by atoms with Gasteiger partial charge in [0.1, 0.15) is 5.82 Å². The minimum Gasteiger partial charge on any atom is -0.331 e. The predicted octanol–water partition coefficient (Wildman–Crippen LogP) is 2.73. The highest BCUT2D eigenvalue weighted by atomic mass is 15.1. The molecule has 1 N–H and O–H groups in total. The summed E-state index contributed by atoms with van der Waals surface area (Å²) in [5.41, 5.74) is 4.95. The molecule has 2 aromatic rings. The number of hydrogen-bond acceptors (Lipinski definition) is 2. The Kier molecular flexibility index (Phi) is 3.71. The fourth-order valence-electron chi connectivity index (χ4n) is 2.38. The van der Waals surface area contributed by atoms with Gasteiger partial charge >= 0.3 is 0 Å². The Morgan fingerprint density at radius 2 is 2.00 bits per heavy atom. The molecule has 1 aromatic heterocycles. The molecule has 0 saturated heterocycles. The number of hydrogen-bond donors (Lipinski definition) is 1. The van der Waals surface area contributed by atoms with Crippen molar-refractivity contribution in [2.75, 3.05) is 6.54 Å². The molecule has 3 nitrogen and oxygen atoms in total. The van der Waals surface area contributed by atoms with Gasteiger partial charge in [0.15, 0.2) is 0 Å². The number of benzene rings is 1. The Morgan fingerprint density at radius 3 is 2.67 bits per heavy atom. The Morgan fingerprint density at radius 1 is 1.28 bits per heavy atom. The van der Waals surface area contributed by atoms with Crippen molar-refractivity contribution in [3.63, 3.8) is 0 Å². The molecular weight excluding hydrogens is 222 g/mol. The highest BCUT2D eigenvalue weighted by Crippen LogP contribution is 2.20. The Labute approximate surface area is 109 Å². The van der Waals surface area contributed by atoms with E-state index >= 15 is 0 Å². The van der Waals surface area contributed by atoms with Crippen LogP contribution in [0.1, 0.15) is 30.8 Å². The van der Waals surface area contributed by atoms with Gasteiger partial charge in [0.2, 0.25) is 0 Å². The van der Waals surface area contributed by atoms with Gasteiger partial charge in [-0.25, -0.2) is 4.98 Å². The van der Waals surface area contributed by atoms with Crippen molar-refractivity contribution >= 4 is 11.0 Å². The summed E-state index contributed by atoms with van der Waals surface area (Å²) >= 11 is 0. The van der Waals surface area contributed by atoms with Crippen molar-refractivity contribution in [3.8, 4) is 0 Å². The molecule has 0 unspecified atom stereocenters. The van der Waals surface area contributed by atoms with Gasteiger partial charge in [0, 0.05) is 26.1 Å². The first-order chi connectivity index (χ1) is 8.49. The van der Waals surface area contributed by atoms with Crippen LogP contribution in [0, 0.1) is 13.8 Å². The average Bonchev–Trinajstić information content (AvgIpc) is 2.57. The van der Waals surface area contributed by atoms with Gasteiger partial charge in [0.25, 0.3) is 0 Å². The Bertz CT molecular complexity index is 552. The van der Waals surface area contributed by atoms with Crippen LogP contribution >= 0.6 is 0 Å². The quantitative estimate of drug-likeness (QED) is 0.897. The molecule has 98 valence electrons. The number of imidazole rings is 1. The smallest absolute Gasteiger partial charge is 0.110 e. The Hall–Kier alpha value is -1.35. The van der Waals surface area contributed by atoms with Crippen molar-refractivity contribution in [1.29, 1.82) is 0 Å². The second-order valence-electron chi connectivity index (χ2n) is 5.40. The van der Waals surface area contributed by atoms with E-state index in [-0.39, 0.29) is 0 Å². The molecule has 3 heteroatoms. The van der Waals surface area contributed by atoms with Crippen LogP contribution in [-0.2, 0) is 13.5 Å². The van der Waals surface area contributed by atoms with E-state index in [9.17, 15) is 0 Å². The molecule has 1 aromatic carbocycles. The van der Waals surface area contributed by atoms with Crippen LogP contribution in [0.5, 0.6) is 0 Å². The summed E-state index contributed by atoms with van der Waals surface area (Å²) < 4.78 is 2.22. The molecule has 0 spiro atoms. The first kappa shape index (κ1) is 13.1. The van der Waals surface area contributed by atoms with Crippen molar-refractivity contribution in [3.05, 3.63) is 29.1 Å². The van der Waals surface area contributed by atoms with Crippen LogP contribution in [0.15, 0.2) is 12.1 Å². The van der Waals surface area contributed by atoms with Crippen LogP contribution in [0.25, 0.3) is 11.0 Å². The van der Waals surface area contributed by atoms with Crippen molar-refractivity contribution in [1.82, 2.24) is 14.9 Å². The van der Waals surface area contributed by atoms with E-state index in [0.717, 1.165) is 24.3 Å². The van der Waals surface area contributed by atoms with Gasteiger partial charge in [-0.05, 0) is 31.0 Å². The molecule has 0 atom stereocenters. The van der Waals surface area contributed by atoms with Crippen molar-refractivity contribution < 1.29 is 0 Å². The topological polar surface area (TPSA) is 29.9 Å². The zero-order valence-corrected chi connectivity index (χ0v) is 12.0. The number of nitrogens with zero attached hydrogens (tertiary/aromatic N) is 2. The van der Waals surface area contributed by atoms with Gasteiger partial charge in [-0.1, -0.05) is 19.9 Å². The van der Waals surface area contributed by atoms with E-state index in [0.29, 0.717) is 6.04 Å². The van der Waals surface area contributed by atoms with E-state index in [2.05, 4.69) is 56.8 Å². The normalized spacial score (nSPS) is 11.7. The lowest BCUT2D eigenvalue weighted by Gasteiger charge is -2.07. The lowest BCUT2D eigenvalue weighted by Crippen LogP contribution is -2.25. The summed E-state index contributed by atoms with van der Waals surface area (Å²) in [4.78, 5) is 4.77. The molecule has 18 heavy (non-hydrogen) atoms. The first-order valence-electron chi connectivity index (χ1n) is 6.65. The fraction of sp³-hybridized carbons (Fsp3) is 0.533. The van der Waals surface area contributed by atoms with E-state index in [1.807, 2.05) is 0 Å². The molecule has 0 radical (unpaired) electrons. The number of nitrogens with one attached hydrogen (secondary N) is 1. The molecule has 0 fully saturated rings. The van der Waals surface area contributed by atoms with Gasteiger partial charge in [0.05, 0.1) is 11.0 Å². The van der Waals surface area contributed by atoms with Crippen LogP contribution in [-0.4, -0.2) is 22.1 Å². The molecule has 0 bridgehead atoms. The summed E-state index contributed by atoms with van der Waals surface area (Å²) in [6.07, 6.45) is 0.974. The second kappa shape index (κ2) is 5.11. The third kappa shape index (κ3) is 2.56. The Balaban J connectivity index is 2.30. The molecule has 0 aliphatic rings. The fourth-order valence-corrected chi connectivity index (χ4v) is 2.38. The van der Waals surface area contributed by atoms with Crippen LogP contribution in [0.3, 0.4) is 0 Å². The van der Waals surface area contributed by atoms with Crippen molar-refractivity contribution in [2.24, 2.45) is 7.05 Å². The highest BCUT2D eigenvalue weighted by Gasteiger charge is 2.10. The molecular formula is C15H23N3. The summed E-state index contributed by atoms with van der Waals surface area (Å²) in [5.74, 6) is 1.16. The molecule has 2 rings (SSSR count). The minimum atomic E-state index is 0.531. The van der Waals surface area contributed by atoms with E-state index in [1.165, 1.54) is 16.6 Å². The molecule has 1 heterocycles. The lowest BCUT2D eigenvalue weighted by molar-refractivity contribution is 0.578. The molecule has 0 aliphatic carbocycles. The van der Waals surface area contributed by atoms with Gasteiger partial charge < -0.3 is 9.88 Å². The van der Waals surface area contributed by atoms with Crippen LogP contribution < -0.4 is 5.32 Å². The molecule has 0 amide bonds. The summed E-state index contributed by atoms with van der Waals surface area (Å²) in [7, 11) is 2.11. The third-order valence-corrected chi connectivity index (χ3v) is 3.32. The SMILES string of the molecule is Cc1cc(C)c2nc(CCNC(C)C)n(C)c2c1. The molecule has 0 saturated carbocycles. The standard InChI is InChI=1S/C15H23N3/c1-10(2)16-7-6-14-17-15-12(4)8-11(3)9-13(15)18(14)5/h8-10,16H,6-7H2,1-5H3. The summed E-state index contributed by atoms with van der Waals surface area (Å²) in [6.45, 7) is 9.59. The van der Waals surface area contributed by atoms with Crippen LogP contribution in [0.2, 0.25) is 0 Å². The van der Waals surface area contributed by atoms with E-state index in [1.54, 1.807) is 0 Å². The number of fused-ring (bicyclic) bond motifs is 1. The number of aromatic nitrogens is 2. The predicted molar refractivity (Wildman–Crippen MR) is 77.0 cm³/mol. The highest BCUT2D eigenvalue weighted by molar-refractivity contribution is 5.80. The number of rotatable bonds is 4. The van der Waals surface area contributed by atoms with E-state index < -0.39 is 0 Å². The van der Waals surface area contributed by atoms with Crippen LogP contribution in [0.4, 0.5) is 0 Å². The monoisotopic (exact) mass is 245 g/mol. The average molecular weight is 245 g/mol. The maximum Gasteiger partial charge on any atom is 0.110 e. The maximum absolute atomic E-state index is 4.77. The molecule has 0 aliphatic heterocycles. The van der Waals surface area contributed by atoms with E-state index in [4.69, 9.17) is 4.98 Å². The second-order valence-corrected chi connectivity index (χ2v) is 5.40. The number of aryl methyl sites for hydroxylation is 3. The summed E-state index contributed by atoms with van der Waals surface area (Å²) in [5, 5.41) is 3.44. The first-order valence-corrected chi connectivity index (χ1v) is 6.65.